The third-order valence-electron chi connectivity index (χ3n) is 1.17. The van der Waals surface area contributed by atoms with E-state index in [4.69, 9.17) is 4.74 Å². The van der Waals surface area contributed by atoms with E-state index in [0.29, 0.717) is 0 Å². The van der Waals surface area contributed by atoms with Crippen LogP contribution in [0, 0.1) is 5.82 Å². The molecule has 0 unspecified atom stereocenters. The summed E-state index contributed by atoms with van der Waals surface area (Å²) >= 11 is 0. The fourth-order valence-electron chi connectivity index (χ4n) is 0.682. The van der Waals surface area contributed by atoms with Crippen molar-refractivity contribution in [1.82, 2.24) is 0 Å². The average molecular weight is 152 g/mol. The quantitative estimate of drug-likeness (QED) is 0.592. The molecule has 0 saturated carbocycles. The molecule has 0 saturated heterocycles. The Morgan fingerprint density at radius 2 is 2.09 bits per heavy atom. The molecule has 1 aromatic rings. The molecular formula is C9H9FO. The van der Waals surface area contributed by atoms with Gasteiger partial charge in [-0.2, -0.15) is 0 Å². The summed E-state index contributed by atoms with van der Waals surface area (Å²) < 4.78 is 17.7. The molecule has 0 aliphatic rings. The van der Waals surface area contributed by atoms with Gasteiger partial charge in [-0.25, -0.2) is 4.39 Å². The predicted octanol–water partition coefficient (Wildman–Crippen LogP) is 2.74. The zero-order chi connectivity index (χ0) is 8.10. The van der Waals surface area contributed by atoms with Gasteiger partial charge in [0.2, 0.25) is 0 Å². The van der Waals surface area contributed by atoms with Crippen LogP contribution in [0.15, 0.2) is 36.6 Å². The number of hydrogen-bond acceptors (Lipinski definition) is 1. The van der Waals surface area contributed by atoms with E-state index in [1.54, 1.807) is 31.2 Å². The fourth-order valence-corrected chi connectivity index (χ4v) is 0.682. The normalized spacial score (nSPS) is 10.4. The van der Waals surface area contributed by atoms with Crippen molar-refractivity contribution in [2.75, 3.05) is 0 Å². The van der Waals surface area contributed by atoms with Crippen molar-refractivity contribution in [2.24, 2.45) is 0 Å². The molecule has 0 heterocycles. The maximum Gasteiger partial charge on any atom is 0.165 e. The predicted molar refractivity (Wildman–Crippen MR) is 41.8 cm³/mol. The van der Waals surface area contributed by atoms with Crippen molar-refractivity contribution in [2.45, 2.75) is 6.92 Å². The molecule has 0 radical (unpaired) electrons. The van der Waals surface area contributed by atoms with Crippen LogP contribution < -0.4 is 4.74 Å². The van der Waals surface area contributed by atoms with E-state index in [1.165, 1.54) is 12.3 Å². The van der Waals surface area contributed by atoms with E-state index in [-0.39, 0.29) is 11.6 Å². The molecule has 0 aliphatic heterocycles. The summed E-state index contributed by atoms with van der Waals surface area (Å²) in [7, 11) is 0. The SMILES string of the molecule is C/C=C\Oc1ccccc1F. The van der Waals surface area contributed by atoms with Crippen LogP contribution in [-0.4, -0.2) is 0 Å². The van der Waals surface area contributed by atoms with Gasteiger partial charge in [0, 0.05) is 0 Å². The highest BCUT2D eigenvalue weighted by Crippen LogP contribution is 2.15. The Morgan fingerprint density at radius 3 is 2.73 bits per heavy atom. The monoisotopic (exact) mass is 152 g/mol. The molecule has 11 heavy (non-hydrogen) atoms. The Hall–Kier alpha value is -1.31. The summed E-state index contributed by atoms with van der Waals surface area (Å²) in [5, 5.41) is 0. The van der Waals surface area contributed by atoms with Gasteiger partial charge >= 0.3 is 0 Å². The lowest BCUT2D eigenvalue weighted by atomic mass is 10.3. The van der Waals surface area contributed by atoms with E-state index < -0.39 is 0 Å². The number of ether oxygens (including phenoxy) is 1. The molecule has 58 valence electrons. The van der Waals surface area contributed by atoms with Crippen LogP contribution in [0.4, 0.5) is 4.39 Å². The maximum absolute atomic E-state index is 12.8. The van der Waals surface area contributed by atoms with Gasteiger partial charge in [-0.1, -0.05) is 18.2 Å². The Labute approximate surface area is 65.1 Å². The van der Waals surface area contributed by atoms with Crippen LogP contribution in [0.5, 0.6) is 5.75 Å². The summed E-state index contributed by atoms with van der Waals surface area (Å²) in [4.78, 5) is 0. The highest BCUT2D eigenvalue weighted by molar-refractivity contribution is 5.24. The van der Waals surface area contributed by atoms with Crippen molar-refractivity contribution in [3.05, 3.63) is 42.4 Å². The maximum atomic E-state index is 12.8. The zero-order valence-electron chi connectivity index (χ0n) is 6.25. The van der Waals surface area contributed by atoms with Crippen LogP contribution in [0.25, 0.3) is 0 Å². The topological polar surface area (TPSA) is 9.23 Å². The van der Waals surface area contributed by atoms with E-state index in [2.05, 4.69) is 0 Å². The van der Waals surface area contributed by atoms with Gasteiger partial charge in [-0.05, 0) is 19.1 Å². The summed E-state index contributed by atoms with van der Waals surface area (Å²) in [5.41, 5.74) is 0. The second kappa shape index (κ2) is 3.76. The summed E-state index contributed by atoms with van der Waals surface area (Å²) in [6.45, 7) is 1.81. The largest absolute Gasteiger partial charge is 0.462 e. The molecule has 0 spiro atoms. The van der Waals surface area contributed by atoms with Gasteiger partial charge in [-0.15, -0.1) is 0 Å². The average Bonchev–Trinajstić information content (AvgIpc) is 2.03. The molecule has 0 atom stereocenters. The summed E-state index contributed by atoms with van der Waals surface area (Å²) in [6.07, 6.45) is 3.14. The first-order chi connectivity index (χ1) is 5.34. The Bertz CT molecular complexity index is 255. The third kappa shape index (κ3) is 2.08. The van der Waals surface area contributed by atoms with Crippen LogP contribution in [0.3, 0.4) is 0 Å². The van der Waals surface area contributed by atoms with Gasteiger partial charge in [0.15, 0.2) is 11.6 Å². The molecule has 0 fully saturated rings. The van der Waals surface area contributed by atoms with E-state index in [9.17, 15) is 4.39 Å². The first-order valence-corrected chi connectivity index (χ1v) is 3.37. The van der Waals surface area contributed by atoms with Crippen molar-refractivity contribution < 1.29 is 9.13 Å². The smallest absolute Gasteiger partial charge is 0.165 e. The lowest BCUT2D eigenvalue weighted by molar-refractivity contribution is 0.440. The second-order valence-corrected chi connectivity index (χ2v) is 2.02. The van der Waals surface area contributed by atoms with E-state index >= 15 is 0 Å². The Kier molecular flexibility index (Phi) is 2.66. The molecule has 0 amide bonds. The van der Waals surface area contributed by atoms with Crippen molar-refractivity contribution in [3.63, 3.8) is 0 Å². The van der Waals surface area contributed by atoms with Crippen molar-refractivity contribution >= 4 is 0 Å². The zero-order valence-corrected chi connectivity index (χ0v) is 6.25. The molecule has 1 nitrogen and oxygen atoms in total. The minimum atomic E-state index is -0.342. The number of allylic oxidation sites excluding steroid dienone is 1. The fraction of sp³-hybridized carbons (Fsp3) is 0.111. The van der Waals surface area contributed by atoms with E-state index in [0.717, 1.165) is 0 Å². The van der Waals surface area contributed by atoms with Crippen LogP contribution in [-0.2, 0) is 0 Å². The van der Waals surface area contributed by atoms with Gasteiger partial charge in [0.1, 0.15) is 0 Å². The Balaban J connectivity index is 2.77. The minimum Gasteiger partial charge on any atom is -0.462 e. The van der Waals surface area contributed by atoms with Crippen molar-refractivity contribution in [3.8, 4) is 5.75 Å². The number of benzene rings is 1. The van der Waals surface area contributed by atoms with Crippen molar-refractivity contribution in [1.29, 1.82) is 0 Å². The summed E-state index contributed by atoms with van der Waals surface area (Å²) in [6, 6.07) is 6.29. The molecule has 1 aromatic carbocycles. The van der Waals surface area contributed by atoms with Gasteiger partial charge in [0.05, 0.1) is 6.26 Å². The van der Waals surface area contributed by atoms with E-state index in [1.807, 2.05) is 0 Å². The van der Waals surface area contributed by atoms with Gasteiger partial charge < -0.3 is 4.74 Å². The first-order valence-electron chi connectivity index (χ1n) is 3.37. The number of para-hydroxylation sites is 1. The lowest BCUT2D eigenvalue weighted by Crippen LogP contribution is -1.84. The molecular weight excluding hydrogens is 143 g/mol. The highest BCUT2D eigenvalue weighted by atomic mass is 19.1. The minimum absolute atomic E-state index is 0.255. The number of hydrogen-bond donors (Lipinski definition) is 0. The van der Waals surface area contributed by atoms with Crippen LogP contribution in [0.2, 0.25) is 0 Å². The number of rotatable bonds is 2. The molecule has 0 N–H and O–H groups in total. The third-order valence-corrected chi connectivity index (χ3v) is 1.17. The summed E-state index contributed by atoms with van der Waals surface area (Å²) in [5.74, 6) is -0.0869. The molecule has 0 aliphatic carbocycles. The first kappa shape index (κ1) is 7.79. The molecule has 2 heteroatoms. The standard InChI is InChI=1S/C9H9FO/c1-2-7-11-9-6-4-3-5-8(9)10/h2-7H,1H3/b7-2-. The number of halogens is 1. The second-order valence-electron chi connectivity index (χ2n) is 2.02. The van der Waals surface area contributed by atoms with Crippen LogP contribution in [0.1, 0.15) is 6.92 Å². The molecule has 0 aromatic heterocycles. The molecule has 0 bridgehead atoms. The molecule has 1 rings (SSSR count). The van der Waals surface area contributed by atoms with Crippen LogP contribution >= 0.6 is 0 Å². The lowest BCUT2D eigenvalue weighted by Gasteiger charge is -1.99. The van der Waals surface area contributed by atoms with Gasteiger partial charge in [0.25, 0.3) is 0 Å². The van der Waals surface area contributed by atoms with Gasteiger partial charge in [-0.3, -0.25) is 0 Å². The Morgan fingerprint density at radius 1 is 1.36 bits per heavy atom. The highest BCUT2D eigenvalue weighted by Gasteiger charge is 1.97.